The third kappa shape index (κ3) is 7.57. The Morgan fingerprint density at radius 3 is 2.68 bits per heavy atom. The Balaban J connectivity index is 2.06. The summed E-state index contributed by atoms with van der Waals surface area (Å²) in [6, 6.07) is 6.95. The molecule has 1 aromatic carbocycles. The fourth-order valence-corrected chi connectivity index (χ4v) is 4.72. The van der Waals surface area contributed by atoms with Gasteiger partial charge in [-0.3, -0.25) is 9.00 Å². The first-order chi connectivity index (χ1) is 14.9. The molecule has 1 aromatic heterocycles. The highest BCUT2D eigenvalue weighted by Crippen LogP contribution is 2.32. The van der Waals surface area contributed by atoms with E-state index in [-0.39, 0.29) is 18.0 Å². The second kappa shape index (κ2) is 12.8. The highest BCUT2D eigenvalue weighted by molar-refractivity contribution is 7.85. The van der Waals surface area contributed by atoms with Crippen molar-refractivity contribution in [1.82, 2.24) is 4.98 Å². The van der Waals surface area contributed by atoms with Gasteiger partial charge in [0.1, 0.15) is 17.0 Å². The van der Waals surface area contributed by atoms with Crippen LogP contribution in [0.15, 0.2) is 52.4 Å². The molecular weight excluding hydrogens is 477 g/mol. The molecule has 0 radical (unpaired) electrons. The Kier molecular flexibility index (Phi) is 10.4. The normalized spacial score (nSPS) is 13.8. The second-order valence-electron chi connectivity index (χ2n) is 6.42. The van der Waals surface area contributed by atoms with Crippen LogP contribution in [0.4, 0.5) is 16.6 Å². The number of ketones is 1. The number of nitrogen functional groups attached to an aromatic ring is 1. The summed E-state index contributed by atoms with van der Waals surface area (Å²) in [5, 5.41) is 4.00. The van der Waals surface area contributed by atoms with Gasteiger partial charge in [-0.2, -0.15) is 0 Å². The fraction of sp³-hybridized carbons (Fsp3) is 0.286. The molecule has 10 heteroatoms. The summed E-state index contributed by atoms with van der Waals surface area (Å²) in [5.74, 6) is 0.118. The summed E-state index contributed by atoms with van der Waals surface area (Å²) in [6.45, 7) is 1.72. The van der Waals surface area contributed by atoms with Crippen molar-refractivity contribution in [3.8, 4) is 0 Å². The highest BCUT2D eigenvalue weighted by Gasteiger charge is 2.24. The Labute approximate surface area is 198 Å². The molecule has 2 unspecified atom stereocenters. The molecule has 0 fully saturated rings. The lowest BCUT2D eigenvalue weighted by atomic mass is 10.0. The smallest absolute Gasteiger partial charge is 0.189 e. The van der Waals surface area contributed by atoms with Crippen LogP contribution in [0, 0.1) is 5.92 Å². The number of carbonyl (C=O) groups is 2. The molecule has 0 bridgehead atoms. The number of halogens is 2. The number of hydrogen-bond donors (Lipinski definition) is 2. The number of thiazole rings is 1. The van der Waals surface area contributed by atoms with Crippen LogP contribution in [0.3, 0.4) is 0 Å². The van der Waals surface area contributed by atoms with Gasteiger partial charge in [-0.05, 0) is 30.7 Å². The van der Waals surface area contributed by atoms with Gasteiger partial charge in [-0.15, -0.1) is 11.6 Å². The van der Waals surface area contributed by atoms with Gasteiger partial charge in [-0.1, -0.05) is 48.1 Å². The standard InChI is InChI=1S/C21H23Cl2N3O3S2/c1-14(17(23)6-3-2-4-11-22)18(28)19-20(24)26-21(30-19)25-15-7-9-16(10-8-15)31(29)13-5-12-27/h2,4,6-10,12,14H,3,5,11,13,24H2,1H3,(H,25,26)/b4-2-,17-6+. The Hall–Kier alpha value is -2.00. The van der Waals surface area contributed by atoms with Crippen molar-refractivity contribution < 1.29 is 13.8 Å². The van der Waals surface area contributed by atoms with Crippen LogP contribution >= 0.6 is 34.5 Å². The maximum atomic E-state index is 12.8. The number of nitrogens with zero attached hydrogens (tertiary/aromatic N) is 1. The first-order valence-corrected chi connectivity index (χ1v) is 12.5. The SMILES string of the molecule is CC(C(=O)c1sc(Nc2ccc(S(=O)CCC=O)cc2)nc1N)/C(Cl)=C\C/C=C\CCl. The van der Waals surface area contributed by atoms with Crippen molar-refractivity contribution in [1.29, 1.82) is 0 Å². The molecule has 1 heterocycles. The molecule has 0 spiro atoms. The quantitative estimate of drug-likeness (QED) is 0.178. The number of aldehydes is 1. The number of nitrogens with one attached hydrogen (secondary N) is 1. The molecular formula is C21H23Cl2N3O3S2. The van der Waals surface area contributed by atoms with Crippen LogP contribution < -0.4 is 11.1 Å². The number of aromatic nitrogens is 1. The summed E-state index contributed by atoms with van der Waals surface area (Å²) in [4.78, 5) is 28.4. The van der Waals surface area contributed by atoms with E-state index in [1.807, 2.05) is 12.2 Å². The number of hydrogen-bond acceptors (Lipinski definition) is 7. The molecule has 2 rings (SSSR count). The van der Waals surface area contributed by atoms with E-state index in [1.165, 1.54) is 0 Å². The van der Waals surface area contributed by atoms with E-state index in [0.717, 1.165) is 17.6 Å². The van der Waals surface area contributed by atoms with Gasteiger partial charge in [-0.25, -0.2) is 4.98 Å². The summed E-state index contributed by atoms with van der Waals surface area (Å²) in [6.07, 6.45) is 7.04. The molecule has 0 saturated heterocycles. The Morgan fingerprint density at radius 1 is 1.32 bits per heavy atom. The van der Waals surface area contributed by atoms with E-state index in [1.54, 1.807) is 37.3 Å². The molecule has 0 aliphatic carbocycles. The zero-order valence-electron chi connectivity index (χ0n) is 16.8. The van der Waals surface area contributed by atoms with Crippen LogP contribution in [0.25, 0.3) is 0 Å². The average molecular weight is 500 g/mol. The minimum absolute atomic E-state index is 0.141. The zero-order chi connectivity index (χ0) is 22.8. The fourth-order valence-electron chi connectivity index (χ4n) is 2.49. The van der Waals surface area contributed by atoms with Crippen LogP contribution in [-0.4, -0.2) is 32.9 Å². The van der Waals surface area contributed by atoms with Crippen LogP contribution in [0.5, 0.6) is 0 Å². The minimum atomic E-state index is -1.22. The van der Waals surface area contributed by atoms with Crippen LogP contribution in [0.2, 0.25) is 0 Å². The van der Waals surface area contributed by atoms with Crippen molar-refractivity contribution in [3.05, 3.63) is 52.4 Å². The molecule has 0 saturated carbocycles. The van der Waals surface area contributed by atoms with E-state index in [0.29, 0.717) is 43.7 Å². The number of nitrogens with two attached hydrogens (primary N) is 1. The van der Waals surface area contributed by atoms with Crippen molar-refractivity contribution in [2.75, 3.05) is 22.7 Å². The molecule has 3 N–H and O–H groups in total. The molecule has 0 aliphatic heterocycles. The third-order valence-corrected chi connectivity index (χ3v) is 7.24. The Bertz CT molecular complexity index is 988. The minimum Gasteiger partial charge on any atom is -0.382 e. The van der Waals surface area contributed by atoms with Crippen LogP contribution in [-0.2, 0) is 15.6 Å². The second-order valence-corrected chi connectivity index (χ2v) is 9.74. The van der Waals surface area contributed by atoms with E-state index in [9.17, 15) is 13.8 Å². The highest BCUT2D eigenvalue weighted by atomic mass is 35.5. The van der Waals surface area contributed by atoms with E-state index < -0.39 is 16.7 Å². The van der Waals surface area contributed by atoms with E-state index in [2.05, 4.69) is 10.3 Å². The van der Waals surface area contributed by atoms with Gasteiger partial charge in [0.2, 0.25) is 0 Å². The van der Waals surface area contributed by atoms with Crippen molar-refractivity contribution in [3.63, 3.8) is 0 Å². The average Bonchev–Trinajstić information content (AvgIpc) is 3.14. The van der Waals surface area contributed by atoms with Gasteiger partial charge in [0.25, 0.3) is 0 Å². The van der Waals surface area contributed by atoms with Crippen molar-refractivity contribution in [2.24, 2.45) is 5.92 Å². The molecule has 0 aliphatic rings. The van der Waals surface area contributed by atoms with E-state index >= 15 is 0 Å². The van der Waals surface area contributed by atoms with Gasteiger partial charge < -0.3 is 15.8 Å². The lowest BCUT2D eigenvalue weighted by Gasteiger charge is -2.08. The summed E-state index contributed by atoms with van der Waals surface area (Å²) >= 11 is 13.0. The van der Waals surface area contributed by atoms with Crippen molar-refractivity contribution in [2.45, 2.75) is 24.7 Å². The molecule has 2 aromatic rings. The molecule has 6 nitrogen and oxygen atoms in total. The summed E-state index contributed by atoms with van der Waals surface area (Å²) in [5.41, 5.74) is 6.67. The summed E-state index contributed by atoms with van der Waals surface area (Å²) < 4.78 is 12.1. The number of rotatable bonds is 12. The molecule has 31 heavy (non-hydrogen) atoms. The molecule has 0 amide bonds. The largest absolute Gasteiger partial charge is 0.382 e. The number of Topliss-reactive ketones (excluding diaryl/α,β-unsaturated/α-hetero) is 1. The Morgan fingerprint density at radius 2 is 2.03 bits per heavy atom. The monoisotopic (exact) mass is 499 g/mol. The third-order valence-electron chi connectivity index (χ3n) is 4.18. The maximum absolute atomic E-state index is 12.8. The van der Waals surface area contributed by atoms with E-state index in [4.69, 9.17) is 28.9 Å². The van der Waals surface area contributed by atoms with Gasteiger partial charge in [0.05, 0.1) is 16.7 Å². The molecule has 2 atom stereocenters. The maximum Gasteiger partial charge on any atom is 0.189 e. The summed E-state index contributed by atoms with van der Waals surface area (Å²) in [7, 11) is -1.22. The van der Waals surface area contributed by atoms with Gasteiger partial charge in [0, 0.05) is 33.7 Å². The number of benzene rings is 1. The topological polar surface area (TPSA) is 102 Å². The zero-order valence-corrected chi connectivity index (χ0v) is 20.0. The van der Waals surface area contributed by atoms with Crippen molar-refractivity contribution >= 4 is 74.0 Å². The number of alkyl halides is 1. The predicted molar refractivity (Wildman–Crippen MR) is 130 cm³/mol. The predicted octanol–water partition coefficient (Wildman–Crippen LogP) is 5.29. The lowest BCUT2D eigenvalue weighted by molar-refractivity contribution is -0.107. The first kappa shape index (κ1) is 25.3. The number of allylic oxidation sites excluding steroid dienone is 4. The lowest BCUT2D eigenvalue weighted by Crippen LogP contribution is -2.12. The van der Waals surface area contributed by atoms with Gasteiger partial charge >= 0.3 is 0 Å². The first-order valence-electron chi connectivity index (χ1n) is 9.43. The number of carbonyl (C=O) groups excluding carboxylic acids is 2. The van der Waals surface area contributed by atoms with Crippen LogP contribution in [0.1, 0.15) is 29.4 Å². The van der Waals surface area contributed by atoms with Gasteiger partial charge in [0.15, 0.2) is 10.9 Å². The number of anilines is 3. The molecule has 166 valence electrons.